The molecule has 7 N–H and O–H groups in total. The average Bonchev–Trinajstić information content (AvgIpc) is 3.75. The molecule has 0 radical (unpaired) electrons. The van der Waals surface area contributed by atoms with Crippen LogP contribution in [0, 0.1) is 11.8 Å². The number of rotatable bonds is 10. The summed E-state index contributed by atoms with van der Waals surface area (Å²) >= 11 is 0. The predicted molar refractivity (Wildman–Crippen MR) is 175 cm³/mol. The molecular weight excluding hydrogens is 740 g/mol. The standard InChI is InChI=1S/C29H32O13.C6H8O7/c1-11-36-9-20-27(40-11)24(31)25(32)29(41-20)42-26-14-7-17-16(38-10-39-17)6-13(14)21(22-15(26)8-37-28(22)33)12-4-18(34-2)23(30)19(5-12)35-3;7-3(8)1-6(13,5(11)12)2-4(9)10/h4-7,11,15,20-22,24-27,29-32H,8-10H2,1-3H3;13H,1-2H2,(H,7,8)(H,9,10)(H,11,12)/t11-,15?,20-,21-,22+,24-,25-,26?,27-,29+;/m1./s1. The minimum absolute atomic E-state index is 0.0301. The molecule has 20 heteroatoms. The maximum Gasteiger partial charge on any atom is 0.336 e. The number of hydrogen-bond acceptors (Lipinski definition) is 17. The monoisotopic (exact) mass is 780 g/mol. The first kappa shape index (κ1) is 39.7. The first-order chi connectivity index (χ1) is 26.1. The van der Waals surface area contributed by atoms with Crippen molar-refractivity contribution in [2.75, 3.05) is 34.2 Å². The predicted octanol–water partition coefficient (Wildman–Crippen LogP) is 0.0901. The number of carbonyl (C=O) groups is 4. The van der Waals surface area contributed by atoms with E-state index in [4.69, 9.17) is 63.1 Å². The molecule has 5 aliphatic rings. The lowest BCUT2D eigenvalue weighted by atomic mass is 9.66. The van der Waals surface area contributed by atoms with E-state index in [0.29, 0.717) is 28.2 Å². The Balaban J connectivity index is 0.000000341. The molecule has 0 amide bonds. The van der Waals surface area contributed by atoms with Crippen LogP contribution in [-0.4, -0.2) is 136 Å². The molecule has 2 unspecified atom stereocenters. The molecule has 0 saturated carbocycles. The normalized spacial score (nSPS) is 30.4. The number of methoxy groups -OCH3 is 2. The highest BCUT2D eigenvalue weighted by Gasteiger charge is 2.56. The zero-order valence-corrected chi connectivity index (χ0v) is 29.6. The molecule has 2 aromatic rings. The maximum absolute atomic E-state index is 13.4. The fourth-order valence-electron chi connectivity index (χ4n) is 7.45. The number of carboxylic acids is 3. The summed E-state index contributed by atoms with van der Waals surface area (Å²) < 4.78 is 51.5. The zero-order chi connectivity index (χ0) is 39.9. The largest absolute Gasteiger partial charge is 0.502 e. The van der Waals surface area contributed by atoms with Crippen molar-refractivity contribution in [1.29, 1.82) is 0 Å². The van der Waals surface area contributed by atoms with Crippen molar-refractivity contribution in [2.45, 2.75) is 74.4 Å². The third kappa shape index (κ3) is 7.66. The molecule has 55 heavy (non-hydrogen) atoms. The minimum Gasteiger partial charge on any atom is -0.502 e. The molecule has 1 aliphatic carbocycles. The molecule has 7 rings (SSSR count). The number of hydrogen-bond donors (Lipinski definition) is 7. The Bertz CT molecular complexity index is 1770. The van der Waals surface area contributed by atoms with E-state index < -0.39 is 103 Å². The van der Waals surface area contributed by atoms with Crippen LogP contribution in [0.25, 0.3) is 0 Å². The van der Waals surface area contributed by atoms with E-state index in [2.05, 4.69) is 0 Å². The molecule has 3 saturated heterocycles. The van der Waals surface area contributed by atoms with Crippen molar-refractivity contribution in [2.24, 2.45) is 11.8 Å². The first-order valence-electron chi connectivity index (χ1n) is 16.9. The van der Waals surface area contributed by atoms with Crippen LogP contribution in [0.4, 0.5) is 0 Å². The van der Waals surface area contributed by atoms with Crippen LogP contribution in [0.1, 0.15) is 48.5 Å². The summed E-state index contributed by atoms with van der Waals surface area (Å²) in [6.45, 7) is 1.93. The number of aliphatic hydroxyl groups is 3. The SMILES string of the molecule is COc1cc([C@@H]2c3cc4c(cc3C(O[C@@H]3O[C@@H]5CO[C@@H](C)O[C@H]5[C@H](O)[C@H]3O)C3COC(=O)[C@@H]32)OCO4)cc(OC)c1O.O=C(O)CC(O)(CC(=O)O)C(=O)O. The molecule has 300 valence electrons. The van der Waals surface area contributed by atoms with Crippen molar-refractivity contribution in [3.05, 3.63) is 41.0 Å². The van der Waals surface area contributed by atoms with Crippen molar-refractivity contribution in [1.82, 2.24) is 0 Å². The first-order valence-corrected chi connectivity index (χ1v) is 16.9. The summed E-state index contributed by atoms with van der Waals surface area (Å²) in [5, 5.41) is 66.3. The lowest BCUT2D eigenvalue weighted by Crippen LogP contribution is -2.63. The van der Waals surface area contributed by atoms with Gasteiger partial charge in [-0.05, 0) is 47.9 Å². The summed E-state index contributed by atoms with van der Waals surface area (Å²) in [6.07, 6.45) is -9.09. The van der Waals surface area contributed by atoms with E-state index in [1.165, 1.54) is 14.2 Å². The van der Waals surface area contributed by atoms with Gasteiger partial charge in [-0.3, -0.25) is 14.4 Å². The second-order valence-electron chi connectivity index (χ2n) is 13.5. The van der Waals surface area contributed by atoms with Gasteiger partial charge >= 0.3 is 23.9 Å². The molecule has 4 heterocycles. The highest BCUT2D eigenvalue weighted by molar-refractivity contribution is 5.88. The van der Waals surface area contributed by atoms with Gasteiger partial charge in [0.05, 0.1) is 52.3 Å². The van der Waals surface area contributed by atoms with Crippen molar-refractivity contribution in [3.63, 3.8) is 0 Å². The number of fused-ring (bicyclic) bond motifs is 4. The molecular formula is C35H40O20. The van der Waals surface area contributed by atoms with E-state index in [1.54, 1.807) is 31.2 Å². The Kier molecular flexibility index (Phi) is 11.3. The summed E-state index contributed by atoms with van der Waals surface area (Å²) in [7, 11) is 2.86. The van der Waals surface area contributed by atoms with Crippen LogP contribution in [0.5, 0.6) is 28.7 Å². The van der Waals surface area contributed by atoms with Gasteiger partial charge in [-0.2, -0.15) is 0 Å². The average molecular weight is 781 g/mol. The lowest BCUT2D eigenvalue weighted by molar-refractivity contribution is -0.364. The van der Waals surface area contributed by atoms with Crippen LogP contribution >= 0.6 is 0 Å². The van der Waals surface area contributed by atoms with Crippen molar-refractivity contribution < 1.29 is 97.6 Å². The highest BCUT2D eigenvalue weighted by atomic mass is 16.8. The quantitative estimate of drug-likeness (QED) is 0.157. The molecule has 20 nitrogen and oxygen atoms in total. The van der Waals surface area contributed by atoms with Crippen molar-refractivity contribution in [3.8, 4) is 28.7 Å². The number of ether oxygens (including phenoxy) is 9. The molecule has 2 aromatic carbocycles. The number of carboxylic acid groups (broad SMARTS) is 3. The van der Waals surface area contributed by atoms with Crippen LogP contribution in [0.2, 0.25) is 0 Å². The fraction of sp³-hybridized carbons (Fsp3) is 0.543. The van der Waals surface area contributed by atoms with Crippen LogP contribution in [0.15, 0.2) is 24.3 Å². The van der Waals surface area contributed by atoms with E-state index in [0.717, 1.165) is 0 Å². The maximum atomic E-state index is 13.4. The van der Waals surface area contributed by atoms with Crippen LogP contribution < -0.4 is 18.9 Å². The number of esters is 1. The van der Waals surface area contributed by atoms with Gasteiger partial charge in [0.2, 0.25) is 12.5 Å². The number of phenols is 1. The Morgan fingerprint density at radius 2 is 1.45 bits per heavy atom. The van der Waals surface area contributed by atoms with Crippen LogP contribution in [-0.2, 0) is 42.9 Å². The van der Waals surface area contributed by atoms with E-state index in [-0.39, 0.29) is 37.3 Å². The second-order valence-corrected chi connectivity index (χ2v) is 13.5. The van der Waals surface area contributed by atoms with Gasteiger partial charge in [0, 0.05) is 11.8 Å². The molecule has 0 bridgehead atoms. The summed E-state index contributed by atoms with van der Waals surface area (Å²) in [5.74, 6) is -6.04. The third-order valence-corrected chi connectivity index (χ3v) is 10.0. The van der Waals surface area contributed by atoms with E-state index in [1.807, 2.05) is 0 Å². The molecule has 0 spiro atoms. The van der Waals surface area contributed by atoms with Gasteiger partial charge < -0.3 is 78.4 Å². The van der Waals surface area contributed by atoms with Crippen molar-refractivity contribution >= 4 is 23.9 Å². The Labute approximate surface area is 311 Å². The van der Waals surface area contributed by atoms with Gasteiger partial charge in [-0.25, -0.2) is 4.79 Å². The van der Waals surface area contributed by atoms with E-state index in [9.17, 15) is 34.5 Å². The topological polar surface area (TPSA) is 293 Å². The number of aromatic hydroxyl groups is 1. The molecule has 4 aliphatic heterocycles. The number of aliphatic hydroxyl groups excluding tert-OH is 2. The molecule has 0 aromatic heterocycles. The number of cyclic esters (lactones) is 1. The number of phenolic OH excluding ortho intramolecular Hbond substituents is 1. The van der Waals surface area contributed by atoms with Gasteiger partial charge in [0.15, 0.2) is 41.2 Å². The van der Waals surface area contributed by atoms with Gasteiger partial charge in [-0.15, -0.1) is 0 Å². The van der Waals surface area contributed by atoms with E-state index >= 15 is 0 Å². The lowest BCUT2D eigenvalue weighted by Gasteiger charge is -2.47. The van der Waals surface area contributed by atoms with Gasteiger partial charge in [0.25, 0.3) is 0 Å². The van der Waals surface area contributed by atoms with Gasteiger partial charge in [0.1, 0.15) is 24.4 Å². The summed E-state index contributed by atoms with van der Waals surface area (Å²) in [5.41, 5.74) is -0.725. The number of benzene rings is 2. The minimum atomic E-state index is -2.74. The van der Waals surface area contributed by atoms with Crippen LogP contribution in [0.3, 0.4) is 0 Å². The number of aliphatic carboxylic acids is 3. The number of carbonyl (C=O) groups excluding carboxylic acids is 1. The molecule has 10 atom stereocenters. The fourth-order valence-corrected chi connectivity index (χ4v) is 7.45. The Morgan fingerprint density at radius 1 is 0.855 bits per heavy atom. The smallest absolute Gasteiger partial charge is 0.336 e. The summed E-state index contributed by atoms with van der Waals surface area (Å²) in [6, 6.07) is 6.93. The highest BCUT2D eigenvalue weighted by Crippen LogP contribution is 2.57. The van der Waals surface area contributed by atoms with Gasteiger partial charge in [-0.1, -0.05) is 0 Å². The molecule has 3 fully saturated rings. The zero-order valence-electron chi connectivity index (χ0n) is 29.6. The Hall–Kier alpha value is -4.96. The third-order valence-electron chi connectivity index (χ3n) is 10.0. The Morgan fingerprint density at radius 3 is 2.02 bits per heavy atom. The second kappa shape index (κ2) is 15.6. The summed E-state index contributed by atoms with van der Waals surface area (Å²) in [4.78, 5) is 43.9.